The van der Waals surface area contributed by atoms with Crippen LogP contribution in [0.3, 0.4) is 0 Å². The van der Waals surface area contributed by atoms with Gasteiger partial charge in [-0.15, -0.1) is 0 Å². The fourth-order valence-corrected chi connectivity index (χ4v) is 2.93. The van der Waals surface area contributed by atoms with E-state index in [-0.39, 0.29) is 17.2 Å². The maximum atomic E-state index is 11.9. The lowest BCUT2D eigenvalue weighted by Crippen LogP contribution is -2.27. The summed E-state index contributed by atoms with van der Waals surface area (Å²) in [5.74, 6) is -0.130. The summed E-state index contributed by atoms with van der Waals surface area (Å²) in [5, 5.41) is 8.70. The topological polar surface area (TPSA) is 89.3 Å². The van der Waals surface area contributed by atoms with E-state index in [0.717, 1.165) is 11.1 Å². The van der Waals surface area contributed by atoms with E-state index in [1.165, 1.54) is 12.1 Å². The molecule has 0 unspecified atom stereocenters. The number of halogens is 2. The quantitative estimate of drug-likeness (QED) is 0.798. The van der Waals surface area contributed by atoms with Crippen LogP contribution >= 0.6 is 23.2 Å². The molecule has 5 nitrogen and oxygen atoms in total. The van der Waals surface area contributed by atoms with E-state index < -0.39 is 10.0 Å². The molecule has 0 saturated carbocycles. The van der Waals surface area contributed by atoms with Crippen LogP contribution in [0.1, 0.15) is 11.1 Å². The molecule has 24 heavy (non-hydrogen) atoms. The Hall–Kier alpha value is -1.60. The number of amides is 1. The van der Waals surface area contributed by atoms with E-state index in [1.807, 2.05) is 0 Å². The molecule has 2 aromatic carbocycles. The lowest BCUT2D eigenvalue weighted by Gasteiger charge is -2.07. The van der Waals surface area contributed by atoms with Crippen LogP contribution in [0.5, 0.6) is 0 Å². The molecule has 1 amide bonds. The molecule has 2 rings (SSSR count). The lowest BCUT2D eigenvalue weighted by atomic mass is 10.1. The monoisotopic (exact) mass is 386 g/mol. The van der Waals surface area contributed by atoms with E-state index in [9.17, 15) is 13.2 Å². The first-order valence-corrected chi connectivity index (χ1v) is 9.38. The number of hydrogen-bond acceptors (Lipinski definition) is 3. The van der Waals surface area contributed by atoms with Gasteiger partial charge in [0.25, 0.3) is 0 Å². The Kier molecular flexibility index (Phi) is 6.23. The summed E-state index contributed by atoms with van der Waals surface area (Å²) < 4.78 is 22.3. The van der Waals surface area contributed by atoms with Gasteiger partial charge in [-0.25, -0.2) is 13.6 Å². The van der Waals surface area contributed by atoms with Crippen LogP contribution in [0.25, 0.3) is 0 Å². The van der Waals surface area contributed by atoms with Crippen molar-refractivity contribution in [2.45, 2.75) is 17.7 Å². The van der Waals surface area contributed by atoms with Crippen LogP contribution in [-0.4, -0.2) is 20.9 Å². The van der Waals surface area contributed by atoms with Crippen molar-refractivity contribution in [2.75, 3.05) is 6.54 Å². The summed E-state index contributed by atoms with van der Waals surface area (Å²) in [6, 6.07) is 11.3. The van der Waals surface area contributed by atoms with Gasteiger partial charge in [0.05, 0.1) is 21.4 Å². The van der Waals surface area contributed by atoms with Gasteiger partial charge < -0.3 is 5.32 Å². The van der Waals surface area contributed by atoms with Gasteiger partial charge in [-0.05, 0) is 41.8 Å². The number of hydrogen-bond donors (Lipinski definition) is 2. The summed E-state index contributed by atoms with van der Waals surface area (Å²) in [6.45, 7) is 0.439. The van der Waals surface area contributed by atoms with Crippen LogP contribution < -0.4 is 10.5 Å². The number of carbonyl (C=O) groups excluding carboxylic acids is 1. The molecule has 0 saturated heterocycles. The second-order valence-electron chi connectivity index (χ2n) is 5.21. The summed E-state index contributed by atoms with van der Waals surface area (Å²) in [5.41, 5.74) is 1.68. The van der Waals surface area contributed by atoms with Gasteiger partial charge >= 0.3 is 0 Å². The van der Waals surface area contributed by atoms with Gasteiger partial charge in [0, 0.05) is 6.54 Å². The number of benzene rings is 2. The van der Waals surface area contributed by atoms with E-state index in [0.29, 0.717) is 23.0 Å². The molecule has 0 heterocycles. The Labute approximate surface area is 150 Å². The van der Waals surface area contributed by atoms with Crippen LogP contribution in [0.4, 0.5) is 0 Å². The van der Waals surface area contributed by atoms with E-state index >= 15 is 0 Å². The fraction of sp³-hybridized carbons (Fsp3) is 0.188. The van der Waals surface area contributed by atoms with Crippen molar-refractivity contribution in [2.24, 2.45) is 5.14 Å². The van der Waals surface area contributed by atoms with Crippen LogP contribution in [0.2, 0.25) is 10.0 Å². The highest BCUT2D eigenvalue weighted by Crippen LogP contribution is 2.22. The number of primary sulfonamides is 1. The Morgan fingerprint density at radius 2 is 1.62 bits per heavy atom. The highest BCUT2D eigenvalue weighted by molar-refractivity contribution is 7.89. The Balaban J connectivity index is 1.83. The third-order valence-corrected chi connectivity index (χ3v) is 5.00. The number of rotatable bonds is 6. The normalized spacial score (nSPS) is 11.3. The summed E-state index contributed by atoms with van der Waals surface area (Å²) in [4.78, 5) is 12.0. The second-order valence-corrected chi connectivity index (χ2v) is 7.59. The summed E-state index contributed by atoms with van der Waals surface area (Å²) in [7, 11) is -3.68. The maximum Gasteiger partial charge on any atom is 0.238 e. The maximum absolute atomic E-state index is 11.9. The van der Waals surface area contributed by atoms with Crippen LogP contribution in [-0.2, 0) is 27.7 Å². The molecule has 0 aliphatic carbocycles. The number of nitrogens with two attached hydrogens (primary N) is 1. The van der Waals surface area contributed by atoms with Gasteiger partial charge in [-0.3, -0.25) is 4.79 Å². The van der Waals surface area contributed by atoms with Crippen LogP contribution in [0.15, 0.2) is 47.4 Å². The third kappa shape index (κ3) is 5.49. The molecule has 3 N–H and O–H groups in total. The minimum atomic E-state index is -3.68. The molecule has 8 heteroatoms. The largest absolute Gasteiger partial charge is 0.355 e. The molecule has 128 valence electrons. The predicted octanol–water partition coefficient (Wildman–Crippen LogP) is 2.54. The zero-order valence-electron chi connectivity index (χ0n) is 12.6. The van der Waals surface area contributed by atoms with E-state index in [2.05, 4.69) is 5.32 Å². The van der Waals surface area contributed by atoms with Crippen LogP contribution in [0, 0.1) is 0 Å². The summed E-state index contributed by atoms with van der Waals surface area (Å²) in [6.07, 6.45) is 0.791. The first-order valence-electron chi connectivity index (χ1n) is 7.08. The summed E-state index contributed by atoms with van der Waals surface area (Å²) >= 11 is 11.7. The van der Waals surface area contributed by atoms with E-state index in [4.69, 9.17) is 28.3 Å². The van der Waals surface area contributed by atoms with Crippen molar-refractivity contribution in [3.63, 3.8) is 0 Å². The van der Waals surface area contributed by atoms with Gasteiger partial charge in [0.15, 0.2) is 0 Å². The zero-order valence-corrected chi connectivity index (χ0v) is 15.0. The SMILES string of the molecule is NS(=O)(=O)c1ccc(CCNC(=O)Cc2ccc(Cl)c(Cl)c2)cc1. The molecule has 0 spiro atoms. The molecule has 2 aromatic rings. The smallest absolute Gasteiger partial charge is 0.238 e. The van der Waals surface area contributed by atoms with Crippen molar-refractivity contribution in [1.82, 2.24) is 5.32 Å². The lowest BCUT2D eigenvalue weighted by molar-refractivity contribution is -0.120. The Morgan fingerprint density at radius 1 is 1.00 bits per heavy atom. The number of sulfonamides is 1. The zero-order chi connectivity index (χ0) is 17.7. The first kappa shape index (κ1) is 18.7. The molecule has 0 aliphatic heterocycles. The van der Waals surface area contributed by atoms with Gasteiger partial charge in [-0.1, -0.05) is 41.4 Å². The highest BCUT2D eigenvalue weighted by Gasteiger charge is 2.08. The number of nitrogens with one attached hydrogen (secondary N) is 1. The van der Waals surface area contributed by atoms with Crippen molar-refractivity contribution >= 4 is 39.1 Å². The van der Waals surface area contributed by atoms with Gasteiger partial charge in [-0.2, -0.15) is 0 Å². The van der Waals surface area contributed by atoms with Crippen molar-refractivity contribution < 1.29 is 13.2 Å². The molecule has 0 fully saturated rings. The fourth-order valence-electron chi connectivity index (χ4n) is 2.09. The first-order chi connectivity index (χ1) is 11.3. The van der Waals surface area contributed by atoms with Gasteiger partial charge in [0.2, 0.25) is 15.9 Å². The molecular weight excluding hydrogens is 371 g/mol. The van der Waals surface area contributed by atoms with Crippen molar-refractivity contribution in [3.05, 3.63) is 63.6 Å². The predicted molar refractivity (Wildman–Crippen MR) is 94.7 cm³/mol. The highest BCUT2D eigenvalue weighted by atomic mass is 35.5. The van der Waals surface area contributed by atoms with E-state index in [1.54, 1.807) is 30.3 Å². The van der Waals surface area contributed by atoms with Crippen molar-refractivity contribution in [1.29, 1.82) is 0 Å². The Morgan fingerprint density at radius 3 is 2.21 bits per heavy atom. The number of carbonyl (C=O) groups is 1. The average molecular weight is 387 g/mol. The average Bonchev–Trinajstić information content (AvgIpc) is 2.50. The van der Waals surface area contributed by atoms with Crippen molar-refractivity contribution in [3.8, 4) is 0 Å². The van der Waals surface area contributed by atoms with Gasteiger partial charge in [0.1, 0.15) is 0 Å². The third-order valence-electron chi connectivity index (χ3n) is 3.34. The standard InChI is InChI=1S/C16H16Cl2N2O3S/c17-14-6-3-12(9-15(14)18)10-16(21)20-8-7-11-1-4-13(5-2-11)24(19,22)23/h1-6,9H,7-8,10H2,(H,20,21)(H2,19,22,23). The minimum absolute atomic E-state index is 0.0647. The second kappa shape index (κ2) is 7.98. The minimum Gasteiger partial charge on any atom is -0.355 e. The molecular formula is C16H16Cl2N2O3S. The Bertz CT molecular complexity index is 837. The molecule has 0 aliphatic rings. The molecule has 0 radical (unpaired) electrons. The molecule has 0 aromatic heterocycles. The molecule has 0 atom stereocenters. The molecule has 0 bridgehead atoms.